The number of hydrogen-bond donors (Lipinski definition) is 1. The monoisotopic (exact) mass is 279 g/mol. The van der Waals surface area contributed by atoms with Crippen LogP contribution in [-0.2, 0) is 13.0 Å². The van der Waals surface area contributed by atoms with E-state index in [0.717, 1.165) is 31.7 Å². The highest BCUT2D eigenvalue weighted by molar-refractivity contribution is 5.85. The molecule has 0 radical (unpaired) electrons. The zero-order chi connectivity index (χ0) is 14.5. The standard InChI is InChI=1S/C18H21N3/c1-2-19-11-10-17-13-21(14-20-17)12-16-8-5-7-15-6-3-4-9-18(15)16/h3-9,13-14,19H,2,10-12H2,1H3. The van der Waals surface area contributed by atoms with Crippen molar-refractivity contribution in [3.8, 4) is 0 Å². The molecule has 0 saturated carbocycles. The van der Waals surface area contributed by atoms with Gasteiger partial charge in [0.05, 0.1) is 12.0 Å². The van der Waals surface area contributed by atoms with Crippen molar-refractivity contribution in [1.82, 2.24) is 14.9 Å². The summed E-state index contributed by atoms with van der Waals surface area (Å²) in [7, 11) is 0. The Kier molecular flexibility index (Phi) is 4.31. The Hall–Kier alpha value is -2.13. The summed E-state index contributed by atoms with van der Waals surface area (Å²) in [4.78, 5) is 4.49. The molecule has 0 unspecified atom stereocenters. The topological polar surface area (TPSA) is 29.9 Å². The van der Waals surface area contributed by atoms with Crippen LogP contribution in [0.5, 0.6) is 0 Å². The van der Waals surface area contributed by atoms with Crippen molar-refractivity contribution >= 4 is 10.8 Å². The van der Waals surface area contributed by atoms with Crippen molar-refractivity contribution in [1.29, 1.82) is 0 Å². The van der Waals surface area contributed by atoms with Gasteiger partial charge in [-0.15, -0.1) is 0 Å². The van der Waals surface area contributed by atoms with Gasteiger partial charge in [-0.2, -0.15) is 0 Å². The molecule has 0 fully saturated rings. The molecule has 0 bridgehead atoms. The zero-order valence-corrected chi connectivity index (χ0v) is 12.4. The molecular formula is C18H21N3. The maximum Gasteiger partial charge on any atom is 0.0952 e. The van der Waals surface area contributed by atoms with Crippen LogP contribution in [0.4, 0.5) is 0 Å². The highest BCUT2D eigenvalue weighted by Gasteiger charge is 2.03. The Bertz CT molecular complexity index is 710. The molecule has 2 aromatic carbocycles. The summed E-state index contributed by atoms with van der Waals surface area (Å²) < 4.78 is 2.17. The second kappa shape index (κ2) is 6.55. The predicted molar refractivity (Wildman–Crippen MR) is 87.5 cm³/mol. The minimum Gasteiger partial charge on any atom is -0.333 e. The van der Waals surface area contributed by atoms with E-state index in [-0.39, 0.29) is 0 Å². The van der Waals surface area contributed by atoms with Gasteiger partial charge in [0.1, 0.15) is 0 Å². The molecule has 3 aromatic rings. The van der Waals surface area contributed by atoms with Crippen molar-refractivity contribution in [3.05, 3.63) is 66.2 Å². The molecule has 21 heavy (non-hydrogen) atoms. The van der Waals surface area contributed by atoms with Crippen LogP contribution in [0.2, 0.25) is 0 Å². The van der Waals surface area contributed by atoms with Gasteiger partial charge in [-0.3, -0.25) is 0 Å². The largest absolute Gasteiger partial charge is 0.333 e. The number of aromatic nitrogens is 2. The van der Waals surface area contributed by atoms with E-state index in [0.29, 0.717) is 0 Å². The predicted octanol–water partition coefficient (Wildman–Crippen LogP) is 3.24. The van der Waals surface area contributed by atoms with Crippen LogP contribution < -0.4 is 5.32 Å². The van der Waals surface area contributed by atoms with Gasteiger partial charge in [-0.1, -0.05) is 49.4 Å². The quantitative estimate of drug-likeness (QED) is 0.702. The van der Waals surface area contributed by atoms with Crippen LogP contribution in [0.25, 0.3) is 10.8 Å². The van der Waals surface area contributed by atoms with Crippen molar-refractivity contribution in [2.75, 3.05) is 13.1 Å². The number of likely N-dealkylation sites (N-methyl/N-ethyl adjacent to an activating group) is 1. The second-order valence-electron chi connectivity index (χ2n) is 5.28. The van der Waals surface area contributed by atoms with E-state index >= 15 is 0 Å². The number of nitrogens with one attached hydrogen (secondary N) is 1. The molecule has 0 aliphatic rings. The van der Waals surface area contributed by atoms with Crippen molar-refractivity contribution in [2.45, 2.75) is 19.9 Å². The Labute approximate surface area is 125 Å². The fourth-order valence-corrected chi connectivity index (χ4v) is 2.64. The van der Waals surface area contributed by atoms with Crippen LogP contribution in [0.3, 0.4) is 0 Å². The van der Waals surface area contributed by atoms with Gasteiger partial charge >= 0.3 is 0 Å². The number of hydrogen-bond acceptors (Lipinski definition) is 2. The molecule has 0 aliphatic heterocycles. The van der Waals surface area contributed by atoms with E-state index in [1.54, 1.807) is 0 Å². The van der Waals surface area contributed by atoms with Crippen LogP contribution in [0.1, 0.15) is 18.2 Å². The molecule has 0 saturated heterocycles. The van der Waals surface area contributed by atoms with Gasteiger partial charge in [0, 0.05) is 25.7 Å². The SMILES string of the molecule is CCNCCc1cn(Cc2cccc3ccccc23)cn1. The minimum atomic E-state index is 0.871. The lowest BCUT2D eigenvalue weighted by atomic mass is 10.0. The van der Waals surface area contributed by atoms with Gasteiger partial charge in [0.2, 0.25) is 0 Å². The Morgan fingerprint density at radius 1 is 1.10 bits per heavy atom. The molecule has 0 aliphatic carbocycles. The van der Waals surface area contributed by atoms with E-state index < -0.39 is 0 Å². The average molecular weight is 279 g/mol. The van der Waals surface area contributed by atoms with Crippen molar-refractivity contribution in [2.24, 2.45) is 0 Å². The van der Waals surface area contributed by atoms with Gasteiger partial charge < -0.3 is 9.88 Å². The normalized spacial score (nSPS) is 11.1. The summed E-state index contributed by atoms with van der Waals surface area (Å²) in [5.41, 5.74) is 2.49. The fraction of sp³-hybridized carbons (Fsp3) is 0.278. The molecular weight excluding hydrogens is 258 g/mol. The third-order valence-electron chi connectivity index (χ3n) is 3.73. The highest BCUT2D eigenvalue weighted by atomic mass is 15.0. The summed E-state index contributed by atoms with van der Waals surface area (Å²) in [6.45, 7) is 4.99. The molecule has 1 aromatic heterocycles. The van der Waals surface area contributed by atoms with Crippen LogP contribution >= 0.6 is 0 Å². The smallest absolute Gasteiger partial charge is 0.0952 e. The van der Waals surface area contributed by atoms with Crippen LogP contribution in [-0.4, -0.2) is 22.6 Å². The molecule has 3 rings (SSSR count). The van der Waals surface area contributed by atoms with Crippen molar-refractivity contribution in [3.63, 3.8) is 0 Å². The maximum atomic E-state index is 4.49. The van der Waals surface area contributed by atoms with E-state index in [1.807, 2.05) is 6.33 Å². The van der Waals surface area contributed by atoms with Crippen LogP contribution in [0.15, 0.2) is 55.0 Å². The van der Waals surface area contributed by atoms with Crippen LogP contribution in [0, 0.1) is 0 Å². The lowest BCUT2D eigenvalue weighted by Crippen LogP contribution is -2.16. The average Bonchev–Trinajstić information content (AvgIpc) is 2.96. The second-order valence-corrected chi connectivity index (χ2v) is 5.28. The first-order valence-corrected chi connectivity index (χ1v) is 7.55. The summed E-state index contributed by atoms with van der Waals surface area (Å²) in [6, 6.07) is 15.0. The number of nitrogens with zero attached hydrogens (tertiary/aromatic N) is 2. The number of imidazole rings is 1. The molecule has 3 nitrogen and oxygen atoms in total. The molecule has 0 spiro atoms. The Balaban J connectivity index is 1.76. The summed E-state index contributed by atoms with van der Waals surface area (Å²) >= 11 is 0. The molecule has 3 heteroatoms. The minimum absolute atomic E-state index is 0.871. The lowest BCUT2D eigenvalue weighted by Gasteiger charge is -2.07. The third kappa shape index (κ3) is 3.31. The maximum absolute atomic E-state index is 4.49. The highest BCUT2D eigenvalue weighted by Crippen LogP contribution is 2.19. The first-order chi connectivity index (χ1) is 10.4. The third-order valence-corrected chi connectivity index (χ3v) is 3.73. The number of fused-ring (bicyclic) bond motifs is 1. The van der Waals surface area contributed by atoms with Crippen molar-refractivity contribution < 1.29 is 0 Å². The van der Waals surface area contributed by atoms with E-state index in [1.165, 1.54) is 16.3 Å². The van der Waals surface area contributed by atoms with E-state index in [9.17, 15) is 0 Å². The van der Waals surface area contributed by atoms with Gasteiger partial charge in [-0.05, 0) is 22.9 Å². The zero-order valence-electron chi connectivity index (χ0n) is 12.4. The summed E-state index contributed by atoms with van der Waals surface area (Å²) in [6.07, 6.45) is 5.07. The molecule has 0 atom stereocenters. The van der Waals surface area contributed by atoms with E-state index in [2.05, 4.69) is 70.5 Å². The molecule has 1 heterocycles. The number of benzene rings is 2. The Morgan fingerprint density at radius 2 is 1.95 bits per heavy atom. The molecule has 0 amide bonds. The molecule has 1 N–H and O–H groups in total. The Morgan fingerprint density at radius 3 is 2.86 bits per heavy atom. The van der Waals surface area contributed by atoms with Gasteiger partial charge in [-0.25, -0.2) is 4.98 Å². The number of rotatable bonds is 6. The summed E-state index contributed by atoms with van der Waals surface area (Å²) in [5, 5.41) is 5.95. The summed E-state index contributed by atoms with van der Waals surface area (Å²) in [5.74, 6) is 0. The first kappa shape index (κ1) is 13.8. The molecule has 108 valence electrons. The van der Waals surface area contributed by atoms with Gasteiger partial charge in [0.15, 0.2) is 0 Å². The first-order valence-electron chi connectivity index (χ1n) is 7.55. The van der Waals surface area contributed by atoms with E-state index in [4.69, 9.17) is 0 Å². The van der Waals surface area contributed by atoms with Gasteiger partial charge in [0.25, 0.3) is 0 Å². The lowest BCUT2D eigenvalue weighted by molar-refractivity contribution is 0.709. The fourth-order valence-electron chi connectivity index (χ4n) is 2.64.